The molecule has 0 spiro atoms. The van der Waals surface area contributed by atoms with Gasteiger partial charge in [0, 0.05) is 31.3 Å². The van der Waals surface area contributed by atoms with E-state index >= 15 is 0 Å². The van der Waals surface area contributed by atoms with Gasteiger partial charge in [0.1, 0.15) is 16.8 Å². The van der Waals surface area contributed by atoms with Crippen molar-refractivity contribution in [2.24, 2.45) is 0 Å². The SMILES string of the molecule is Cc1nc(Cl)cc(N2Cc3ccc(C(=O)NCc4ccccc4C(F)(F)F)cc3C2)n1. The molecule has 1 aromatic heterocycles. The summed E-state index contributed by atoms with van der Waals surface area (Å²) in [6.45, 7) is 2.71. The Morgan fingerprint density at radius 1 is 1.10 bits per heavy atom. The van der Waals surface area contributed by atoms with E-state index in [1.807, 2.05) is 11.0 Å². The Hall–Kier alpha value is -3.13. The monoisotopic (exact) mass is 446 g/mol. The smallest absolute Gasteiger partial charge is 0.348 e. The van der Waals surface area contributed by atoms with Gasteiger partial charge in [-0.15, -0.1) is 0 Å². The van der Waals surface area contributed by atoms with Crippen molar-refractivity contribution in [1.82, 2.24) is 15.3 Å². The van der Waals surface area contributed by atoms with Gasteiger partial charge >= 0.3 is 6.18 Å². The topological polar surface area (TPSA) is 58.1 Å². The van der Waals surface area contributed by atoms with Crippen LogP contribution in [0.3, 0.4) is 0 Å². The zero-order valence-electron chi connectivity index (χ0n) is 16.5. The number of carbonyl (C=O) groups is 1. The summed E-state index contributed by atoms with van der Waals surface area (Å²) in [6, 6.07) is 12.2. The van der Waals surface area contributed by atoms with Crippen LogP contribution in [0.2, 0.25) is 5.15 Å². The first-order valence-electron chi connectivity index (χ1n) is 9.52. The minimum absolute atomic E-state index is 0.0201. The normalized spacial score (nSPS) is 13.3. The van der Waals surface area contributed by atoms with E-state index in [0.717, 1.165) is 17.2 Å². The third-order valence-corrected chi connectivity index (χ3v) is 5.26. The van der Waals surface area contributed by atoms with Gasteiger partial charge in [-0.25, -0.2) is 9.97 Å². The number of rotatable bonds is 4. The summed E-state index contributed by atoms with van der Waals surface area (Å²) >= 11 is 6.03. The second-order valence-electron chi connectivity index (χ2n) is 7.27. The molecule has 1 aliphatic heterocycles. The van der Waals surface area contributed by atoms with Crippen LogP contribution in [0.4, 0.5) is 19.0 Å². The molecule has 2 heterocycles. The van der Waals surface area contributed by atoms with Gasteiger partial charge < -0.3 is 10.2 Å². The van der Waals surface area contributed by atoms with E-state index in [1.165, 1.54) is 18.2 Å². The van der Waals surface area contributed by atoms with Gasteiger partial charge in [-0.05, 0) is 41.8 Å². The lowest BCUT2D eigenvalue weighted by atomic mass is 10.1. The van der Waals surface area contributed by atoms with Crippen LogP contribution in [0.15, 0.2) is 48.5 Å². The Balaban J connectivity index is 1.47. The van der Waals surface area contributed by atoms with Crippen molar-refractivity contribution in [1.29, 1.82) is 0 Å². The number of aryl methyl sites for hydroxylation is 1. The van der Waals surface area contributed by atoms with Crippen molar-refractivity contribution in [3.63, 3.8) is 0 Å². The van der Waals surface area contributed by atoms with Gasteiger partial charge in [0.25, 0.3) is 5.91 Å². The molecule has 0 saturated heterocycles. The summed E-state index contributed by atoms with van der Waals surface area (Å²) in [5, 5.41) is 2.95. The van der Waals surface area contributed by atoms with Crippen molar-refractivity contribution in [2.75, 3.05) is 4.90 Å². The lowest BCUT2D eigenvalue weighted by molar-refractivity contribution is -0.138. The lowest BCUT2D eigenvalue weighted by Gasteiger charge is -2.16. The zero-order chi connectivity index (χ0) is 22.2. The standard InChI is InChI=1S/C22H18ClF3N4O/c1-13-28-19(23)9-20(29-13)30-11-16-7-6-14(8-17(16)12-30)21(31)27-10-15-4-2-3-5-18(15)22(24,25)26/h2-9H,10-12H2,1H3,(H,27,31). The molecule has 1 aliphatic rings. The number of fused-ring (bicyclic) bond motifs is 1. The highest BCUT2D eigenvalue weighted by atomic mass is 35.5. The van der Waals surface area contributed by atoms with Crippen LogP contribution in [0.1, 0.15) is 38.4 Å². The number of carbonyl (C=O) groups excluding carboxylic acids is 1. The Bertz CT molecular complexity index is 1130. The number of nitrogens with one attached hydrogen (secondary N) is 1. The number of amides is 1. The number of nitrogens with zero attached hydrogens (tertiary/aromatic N) is 3. The van der Waals surface area contributed by atoms with Crippen LogP contribution in [0.25, 0.3) is 0 Å². The number of benzene rings is 2. The molecular formula is C22H18ClF3N4O. The summed E-state index contributed by atoms with van der Waals surface area (Å²) in [5.41, 5.74) is 1.66. The van der Waals surface area contributed by atoms with E-state index in [2.05, 4.69) is 15.3 Å². The van der Waals surface area contributed by atoms with Crippen LogP contribution >= 0.6 is 11.6 Å². The summed E-state index contributed by atoms with van der Waals surface area (Å²) in [4.78, 5) is 23.1. The molecule has 0 aliphatic carbocycles. The maximum atomic E-state index is 13.1. The molecule has 0 bridgehead atoms. The molecule has 31 heavy (non-hydrogen) atoms. The van der Waals surface area contributed by atoms with Crippen LogP contribution < -0.4 is 10.2 Å². The summed E-state index contributed by atoms with van der Waals surface area (Å²) in [7, 11) is 0. The van der Waals surface area contributed by atoms with Crippen LogP contribution in [-0.2, 0) is 25.8 Å². The highest BCUT2D eigenvalue weighted by Gasteiger charge is 2.32. The maximum absolute atomic E-state index is 13.1. The lowest BCUT2D eigenvalue weighted by Crippen LogP contribution is -2.24. The van der Waals surface area contributed by atoms with Crippen molar-refractivity contribution in [2.45, 2.75) is 32.7 Å². The molecule has 1 amide bonds. The van der Waals surface area contributed by atoms with Gasteiger partial charge in [-0.1, -0.05) is 35.9 Å². The second kappa shape index (κ2) is 8.19. The third-order valence-electron chi connectivity index (χ3n) is 5.07. The summed E-state index contributed by atoms with van der Waals surface area (Å²) in [6.07, 6.45) is -4.47. The first kappa shape index (κ1) is 21.1. The van der Waals surface area contributed by atoms with Crippen molar-refractivity contribution < 1.29 is 18.0 Å². The largest absolute Gasteiger partial charge is 0.416 e. The van der Waals surface area contributed by atoms with Crippen LogP contribution in [-0.4, -0.2) is 15.9 Å². The molecule has 0 unspecified atom stereocenters. The molecular weight excluding hydrogens is 429 g/mol. The van der Waals surface area contributed by atoms with E-state index in [1.54, 1.807) is 25.1 Å². The number of hydrogen-bond donors (Lipinski definition) is 1. The first-order valence-corrected chi connectivity index (χ1v) is 9.90. The Morgan fingerprint density at radius 3 is 2.58 bits per heavy atom. The van der Waals surface area contributed by atoms with Gasteiger partial charge in [0.15, 0.2) is 0 Å². The average molecular weight is 447 g/mol. The minimum atomic E-state index is -4.47. The number of alkyl halides is 3. The molecule has 0 saturated carbocycles. The predicted octanol–water partition coefficient (Wildman–Crippen LogP) is 4.91. The Labute approximate surface area is 181 Å². The first-order chi connectivity index (χ1) is 14.7. The zero-order valence-corrected chi connectivity index (χ0v) is 17.3. The fourth-order valence-corrected chi connectivity index (χ4v) is 3.82. The number of aromatic nitrogens is 2. The fraction of sp³-hybridized carbons (Fsp3) is 0.227. The van der Waals surface area contributed by atoms with Gasteiger partial charge in [0.05, 0.1) is 5.56 Å². The molecule has 2 aromatic carbocycles. The molecule has 9 heteroatoms. The van der Waals surface area contributed by atoms with Crippen LogP contribution in [0.5, 0.6) is 0 Å². The van der Waals surface area contributed by atoms with E-state index in [4.69, 9.17) is 11.6 Å². The molecule has 0 radical (unpaired) electrons. The average Bonchev–Trinajstić information content (AvgIpc) is 3.14. The highest BCUT2D eigenvalue weighted by Crippen LogP contribution is 2.32. The minimum Gasteiger partial charge on any atom is -0.348 e. The van der Waals surface area contributed by atoms with Crippen LogP contribution in [0, 0.1) is 6.92 Å². The molecule has 5 nitrogen and oxygen atoms in total. The quantitative estimate of drug-likeness (QED) is 0.579. The molecule has 0 fully saturated rings. The van der Waals surface area contributed by atoms with Gasteiger partial charge in [-0.2, -0.15) is 13.2 Å². The number of anilines is 1. The maximum Gasteiger partial charge on any atom is 0.416 e. The Morgan fingerprint density at radius 2 is 1.84 bits per heavy atom. The van der Waals surface area contributed by atoms with E-state index in [9.17, 15) is 18.0 Å². The van der Waals surface area contributed by atoms with Gasteiger partial charge in [0.2, 0.25) is 0 Å². The molecule has 1 N–H and O–H groups in total. The third kappa shape index (κ3) is 4.64. The van der Waals surface area contributed by atoms with Crippen molar-refractivity contribution in [3.8, 4) is 0 Å². The van der Waals surface area contributed by atoms with Crippen molar-refractivity contribution >= 4 is 23.3 Å². The summed E-state index contributed by atoms with van der Waals surface area (Å²) in [5.74, 6) is 0.834. The number of halogens is 4. The molecule has 4 rings (SSSR count). The van der Waals surface area contributed by atoms with E-state index in [-0.39, 0.29) is 12.1 Å². The van der Waals surface area contributed by atoms with Gasteiger partial charge in [-0.3, -0.25) is 4.79 Å². The molecule has 3 aromatic rings. The van der Waals surface area contributed by atoms with E-state index in [0.29, 0.717) is 35.4 Å². The number of hydrogen-bond acceptors (Lipinski definition) is 4. The molecule has 160 valence electrons. The fourth-order valence-electron chi connectivity index (χ4n) is 3.60. The van der Waals surface area contributed by atoms with E-state index < -0.39 is 17.6 Å². The van der Waals surface area contributed by atoms with Crippen molar-refractivity contribution in [3.05, 3.63) is 87.3 Å². The predicted molar refractivity (Wildman–Crippen MR) is 111 cm³/mol. The second-order valence-corrected chi connectivity index (χ2v) is 7.66. The molecule has 0 atom stereocenters. The summed E-state index contributed by atoms with van der Waals surface area (Å²) < 4.78 is 39.4. The Kier molecular flexibility index (Phi) is 5.58. The highest BCUT2D eigenvalue weighted by molar-refractivity contribution is 6.29.